The minimum absolute atomic E-state index is 0.103. The van der Waals surface area contributed by atoms with E-state index >= 15 is 0 Å². The highest BCUT2D eigenvalue weighted by Gasteiger charge is 2.15. The third-order valence-corrected chi connectivity index (χ3v) is 4.82. The Morgan fingerprint density at radius 2 is 2.05 bits per heavy atom. The van der Waals surface area contributed by atoms with Crippen LogP contribution in [0.15, 0.2) is 23.1 Å². The molecule has 2 rings (SSSR count). The van der Waals surface area contributed by atoms with Crippen LogP contribution in [0.1, 0.15) is 38.5 Å². The first-order valence-corrected chi connectivity index (χ1v) is 8.53. The van der Waals surface area contributed by atoms with Crippen LogP contribution in [0.5, 0.6) is 5.75 Å². The second-order valence-corrected chi connectivity index (χ2v) is 6.47. The average Bonchev–Trinajstić information content (AvgIpc) is 2.74. The number of hydrogen-bond acceptors (Lipinski definition) is 4. The highest BCUT2D eigenvalue weighted by Crippen LogP contribution is 2.30. The van der Waals surface area contributed by atoms with Crippen LogP contribution in [0.3, 0.4) is 0 Å². The van der Waals surface area contributed by atoms with Gasteiger partial charge in [0.05, 0.1) is 12.9 Å². The van der Waals surface area contributed by atoms with Crippen LogP contribution >= 0.6 is 11.8 Å². The molecule has 0 atom stereocenters. The summed E-state index contributed by atoms with van der Waals surface area (Å²) in [6, 6.07) is 5.87. The van der Waals surface area contributed by atoms with E-state index in [1.165, 1.54) is 37.4 Å². The average molecular weight is 308 g/mol. The molecular weight excluding hydrogens is 284 g/mol. The summed E-state index contributed by atoms with van der Waals surface area (Å²) in [5, 5.41) is 3.15. The molecule has 1 aliphatic rings. The number of thioether (sulfide) groups is 1. The lowest BCUT2D eigenvalue weighted by Gasteiger charge is -2.16. The number of nitrogen functional groups attached to an aromatic ring is 1. The molecule has 1 aliphatic carbocycles. The Labute approximate surface area is 130 Å². The van der Waals surface area contributed by atoms with Crippen molar-refractivity contribution in [3.05, 3.63) is 18.2 Å². The van der Waals surface area contributed by atoms with Crippen molar-refractivity contribution in [3.8, 4) is 5.75 Å². The molecule has 116 valence electrons. The maximum atomic E-state index is 12.1. The number of hydrogen-bond donors (Lipinski definition) is 2. The topological polar surface area (TPSA) is 64.3 Å². The maximum absolute atomic E-state index is 12.1. The van der Waals surface area contributed by atoms with Crippen molar-refractivity contribution < 1.29 is 9.53 Å². The minimum Gasteiger partial charge on any atom is -0.496 e. The molecule has 21 heavy (non-hydrogen) atoms. The number of nitrogens with one attached hydrogen (secondary N) is 1. The molecule has 1 fully saturated rings. The molecule has 0 heterocycles. The minimum atomic E-state index is 0.103. The molecule has 1 saturated carbocycles. The number of amides is 1. The second kappa shape index (κ2) is 8.17. The third-order valence-electron chi connectivity index (χ3n) is 3.77. The molecule has 1 aromatic rings. The van der Waals surface area contributed by atoms with E-state index in [-0.39, 0.29) is 5.91 Å². The van der Waals surface area contributed by atoms with E-state index in [1.807, 2.05) is 12.1 Å². The van der Waals surface area contributed by atoms with E-state index in [1.54, 1.807) is 13.2 Å². The van der Waals surface area contributed by atoms with E-state index in [9.17, 15) is 4.79 Å². The Kier molecular flexibility index (Phi) is 6.23. The predicted octanol–water partition coefficient (Wildman–Crippen LogP) is 3.21. The summed E-state index contributed by atoms with van der Waals surface area (Å²) in [5.74, 6) is 1.24. The van der Waals surface area contributed by atoms with Crippen molar-refractivity contribution in [2.45, 2.75) is 49.5 Å². The monoisotopic (exact) mass is 308 g/mol. The van der Waals surface area contributed by atoms with Gasteiger partial charge in [-0.3, -0.25) is 4.79 Å². The molecule has 0 aliphatic heterocycles. The molecule has 0 unspecified atom stereocenters. The molecule has 0 radical (unpaired) electrons. The van der Waals surface area contributed by atoms with Gasteiger partial charge in [0.25, 0.3) is 0 Å². The van der Waals surface area contributed by atoms with E-state index in [4.69, 9.17) is 10.5 Å². The summed E-state index contributed by atoms with van der Waals surface area (Å²) in [6.45, 7) is 0. The second-order valence-electron chi connectivity index (χ2n) is 5.45. The van der Waals surface area contributed by atoms with Gasteiger partial charge >= 0.3 is 0 Å². The van der Waals surface area contributed by atoms with Gasteiger partial charge in [-0.1, -0.05) is 25.7 Å². The number of ether oxygens (including phenoxy) is 1. The number of rotatable bonds is 5. The highest BCUT2D eigenvalue weighted by atomic mass is 32.2. The zero-order valence-corrected chi connectivity index (χ0v) is 13.4. The van der Waals surface area contributed by atoms with Crippen LogP contribution in [0.2, 0.25) is 0 Å². The normalized spacial score (nSPS) is 16.2. The van der Waals surface area contributed by atoms with E-state index in [2.05, 4.69) is 5.32 Å². The first-order chi connectivity index (χ1) is 10.2. The van der Waals surface area contributed by atoms with E-state index in [0.29, 0.717) is 17.5 Å². The van der Waals surface area contributed by atoms with Gasteiger partial charge < -0.3 is 15.8 Å². The molecule has 0 saturated heterocycles. The summed E-state index contributed by atoms with van der Waals surface area (Å²) in [4.78, 5) is 13.0. The molecule has 4 nitrogen and oxygen atoms in total. The largest absolute Gasteiger partial charge is 0.496 e. The summed E-state index contributed by atoms with van der Waals surface area (Å²) in [6.07, 6.45) is 7.27. The molecule has 1 amide bonds. The predicted molar refractivity (Wildman–Crippen MR) is 87.8 cm³/mol. The standard InChI is InChI=1S/C16H24N2O2S/c1-20-14-10-12(17)8-9-15(14)21-11-16(19)18-13-6-4-2-3-5-7-13/h8-10,13H,2-7,11,17H2,1H3,(H,18,19). The lowest BCUT2D eigenvalue weighted by Crippen LogP contribution is -2.35. The molecule has 3 N–H and O–H groups in total. The molecule has 0 bridgehead atoms. The van der Waals surface area contributed by atoms with Gasteiger partial charge in [0.15, 0.2) is 0 Å². The van der Waals surface area contributed by atoms with Crippen molar-refractivity contribution in [2.75, 3.05) is 18.6 Å². The number of nitrogens with two attached hydrogens (primary N) is 1. The molecule has 0 aromatic heterocycles. The van der Waals surface area contributed by atoms with Crippen molar-refractivity contribution in [2.24, 2.45) is 0 Å². The van der Waals surface area contributed by atoms with Crippen LogP contribution in [-0.4, -0.2) is 24.8 Å². The Morgan fingerprint density at radius 3 is 2.71 bits per heavy atom. The molecule has 0 spiro atoms. The number of carbonyl (C=O) groups is 1. The van der Waals surface area contributed by atoms with Gasteiger partial charge in [-0.15, -0.1) is 11.8 Å². The number of anilines is 1. The lowest BCUT2D eigenvalue weighted by atomic mass is 10.1. The quantitative estimate of drug-likeness (QED) is 0.498. The molecule has 5 heteroatoms. The third kappa shape index (κ3) is 5.16. The smallest absolute Gasteiger partial charge is 0.230 e. The van der Waals surface area contributed by atoms with E-state index in [0.717, 1.165) is 23.5 Å². The Bertz CT molecular complexity index is 471. The van der Waals surface area contributed by atoms with Crippen LogP contribution < -0.4 is 15.8 Å². The summed E-state index contributed by atoms with van der Waals surface area (Å²) in [7, 11) is 1.62. The van der Waals surface area contributed by atoms with Crippen LogP contribution in [-0.2, 0) is 4.79 Å². The van der Waals surface area contributed by atoms with Crippen LogP contribution in [0.4, 0.5) is 5.69 Å². The van der Waals surface area contributed by atoms with Crippen LogP contribution in [0.25, 0.3) is 0 Å². The first kappa shape index (κ1) is 16.0. The van der Waals surface area contributed by atoms with Gasteiger partial charge in [0, 0.05) is 22.7 Å². The first-order valence-electron chi connectivity index (χ1n) is 7.54. The summed E-state index contributed by atoms with van der Waals surface area (Å²) >= 11 is 1.49. The Balaban J connectivity index is 1.83. The zero-order chi connectivity index (χ0) is 15.1. The number of methoxy groups -OCH3 is 1. The Hall–Kier alpha value is -1.36. The van der Waals surface area contributed by atoms with Gasteiger partial charge in [-0.05, 0) is 25.0 Å². The molecular formula is C16H24N2O2S. The van der Waals surface area contributed by atoms with Gasteiger partial charge in [-0.25, -0.2) is 0 Å². The fourth-order valence-corrected chi connectivity index (χ4v) is 3.46. The molecule has 1 aromatic carbocycles. The lowest BCUT2D eigenvalue weighted by molar-refractivity contribution is -0.119. The summed E-state index contributed by atoms with van der Waals surface area (Å²) < 4.78 is 5.29. The van der Waals surface area contributed by atoms with Crippen molar-refractivity contribution in [3.63, 3.8) is 0 Å². The fraction of sp³-hybridized carbons (Fsp3) is 0.562. The number of carbonyl (C=O) groups excluding carboxylic acids is 1. The van der Waals surface area contributed by atoms with Crippen molar-refractivity contribution in [1.29, 1.82) is 0 Å². The van der Waals surface area contributed by atoms with Gasteiger partial charge in [0.1, 0.15) is 5.75 Å². The van der Waals surface area contributed by atoms with Crippen molar-refractivity contribution in [1.82, 2.24) is 5.32 Å². The highest BCUT2D eigenvalue weighted by molar-refractivity contribution is 8.00. The SMILES string of the molecule is COc1cc(N)ccc1SCC(=O)NC1CCCCCC1. The summed E-state index contributed by atoms with van der Waals surface area (Å²) in [5.41, 5.74) is 6.39. The maximum Gasteiger partial charge on any atom is 0.230 e. The zero-order valence-electron chi connectivity index (χ0n) is 12.6. The van der Waals surface area contributed by atoms with Crippen molar-refractivity contribution >= 4 is 23.4 Å². The van der Waals surface area contributed by atoms with Crippen LogP contribution in [0, 0.1) is 0 Å². The fourth-order valence-electron chi connectivity index (χ4n) is 2.64. The number of benzene rings is 1. The van der Waals surface area contributed by atoms with Gasteiger partial charge in [-0.2, -0.15) is 0 Å². The van der Waals surface area contributed by atoms with E-state index < -0.39 is 0 Å². The van der Waals surface area contributed by atoms with Gasteiger partial charge in [0.2, 0.25) is 5.91 Å². The Morgan fingerprint density at radius 1 is 1.33 bits per heavy atom.